The summed E-state index contributed by atoms with van der Waals surface area (Å²) >= 11 is 0. The van der Waals surface area contributed by atoms with E-state index in [9.17, 15) is 9.00 Å². The van der Waals surface area contributed by atoms with Gasteiger partial charge in [-0.05, 0) is 32.0 Å². The molecule has 0 spiro atoms. The normalized spacial score (nSPS) is 17.0. The SMILES string of the molecule is CN(C)c1cccc(C(=O)NCC(C)(C)N2CCS(=O)CC2)c1. The third-order valence-electron chi connectivity index (χ3n) is 4.34. The van der Waals surface area contributed by atoms with E-state index in [4.69, 9.17) is 0 Å². The van der Waals surface area contributed by atoms with Crippen molar-refractivity contribution in [2.75, 3.05) is 50.1 Å². The summed E-state index contributed by atoms with van der Waals surface area (Å²) in [5.74, 6) is 1.40. The van der Waals surface area contributed by atoms with E-state index in [0.29, 0.717) is 12.1 Å². The number of carbonyl (C=O) groups is 1. The number of anilines is 1. The Kier molecular flexibility index (Phi) is 5.81. The van der Waals surface area contributed by atoms with Crippen LogP contribution in [0.1, 0.15) is 24.2 Å². The Balaban J connectivity index is 1.95. The minimum atomic E-state index is -0.679. The standard InChI is InChI=1S/C17H27N3O2S/c1-17(2,20-8-10-23(22)11-9-20)13-18-16(21)14-6-5-7-15(12-14)19(3)4/h5-7,12H,8-11,13H2,1-4H3,(H,18,21). The minimum absolute atomic E-state index is 0.0534. The molecule has 1 heterocycles. The molecule has 1 aliphatic rings. The fourth-order valence-corrected chi connectivity index (χ4v) is 3.73. The van der Waals surface area contributed by atoms with Gasteiger partial charge in [0.25, 0.3) is 5.91 Å². The lowest BCUT2D eigenvalue weighted by atomic mass is 10.0. The average Bonchev–Trinajstić information content (AvgIpc) is 2.53. The molecule has 1 aromatic carbocycles. The summed E-state index contributed by atoms with van der Waals surface area (Å²) in [6.07, 6.45) is 0. The van der Waals surface area contributed by atoms with E-state index >= 15 is 0 Å². The lowest BCUT2D eigenvalue weighted by Crippen LogP contribution is -2.55. The first-order valence-electron chi connectivity index (χ1n) is 7.95. The van der Waals surface area contributed by atoms with Crippen molar-refractivity contribution in [3.8, 4) is 0 Å². The number of carbonyl (C=O) groups excluding carboxylic acids is 1. The highest BCUT2D eigenvalue weighted by Crippen LogP contribution is 2.17. The van der Waals surface area contributed by atoms with Crippen molar-refractivity contribution in [1.82, 2.24) is 10.2 Å². The van der Waals surface area contributed by atoms with Crippen LogP contribution < -0.4 is 10.2 Å². The Morgan fingerprint density at radius 3 is 2.57 bits per heavy atom. The predicted octanol–water partition coefficient (Wildman–Crippen LogP) is 1.33. The van der Waals surface area contributed by atoms with Gasteiger partial charge in [-0.15, -0.1) is 0 Å². The summed E-state index contributed by atoms with van der Waals surface area (Å²) < 4.78 is 11.5. The first-order chi connectivity index (χ1) is 10.8. The van der Waals surface area contributed by atoms with E-state index in [1.54, 1.807) is 0 Å². The molecular weight excluding hydrogens is 310 g/mol. The second-order valence-corrected chi connectivity index (χ2v) is 8.47. The van der Waals surface area contributed by atoms with Crippen LogP contribution in [0.15, 0.2) is 24.3 Å². The molecule has 1 N–H and O–H groups in total. The van der Waals surface area contributed by atoms with Crippen molar-refractivity contribution in [2.45, 2.75) is 19.4 Å². The van der Waals surface area contributed by atoms with Gasteiger partial charge in [-0.2, -0.15) is 0 Å². The maximum Gasteiger partial charge on any atom is 0.251 e. The summed E-state index contributed by atoms with van der Waals surface area (Å²) in [4.78, 5) is 16.7. The first-order valence-corrected chi connectivity index (χ1v) is 9.44. The van der Waals surface area contributed by atoms with Gasteiger partial charge in [0, 0.05) is 72.8 Å². The second-order valence-electron chi connectivity index (χ2n) is 6.77. The van der Waals surface area contributed by atoms with Crippen LogP contribution >= 0.6 is 0 Å². The van der Waals surface area contributed by atoms with Crippen LogP contribution in [-0.4, -0.2) is 65.8 Å². The molecule has 0 unspecified atom stereocenters. The molecule has 2 rings (SSSR count). The topological polar surface area (TPSA) is 52.7 Å². The number of amides is 1. The average molecular weight is 337 g/mol. The maximum atomic E-state index is 12.4. The fraction of sp³-hybridized carbons (Fsp3) is 0.588. The number of benzene rings is 1. The van der Waals surface area contributed by atoms with Crippen LogP contribution in [-0.2, 0) is 10.8 Å². The fourth-order valence-electron chi connectivity index (χ4n) is 2.68. The molecule has 0 aliphatic carbocycles. The van der Waals surface area contributed by atoms with Crippen LogP contribution in [0.25, 0.3) is 0 Å². The zero-order chi connectivity index (χ0) is 17.0. The predicted molar refractivity (Wildman–Crippen MR) is 96.6 cm³/mol. The molecule has 1 aliphatic heterocycles. The first kappa shape index (κ1) is 17.9. The number of hydrogen-bond donors (Lipinski definition) is 1. The van der Waals surface area contributed by atoms with Gasteiger partial charge < -0.3 is 10.2 Å². The largest absolute Gasteiger partial charge is 0.378 e. The van der Waals surface area contributed by atoms with Gasteiger partial charge in [0.2, 0.25) is 0 Å². The summed E-state index contributed by atoms with van der Waals surface area (Å²) in [6, 6.07) is 7.61. The van der Waals surface area contributed by atoms with Crippen LogP contribution in [0.3, 0.4) is 0 Å². The third-order valence-corrected chi connectivity index (χ3v) is 5.62. The minimum Gasteiger partial charge on any atom is -0.378 e. The van der Waals surface area contributed by atoms with E-state index in [1.165, 1.54) is 0 Å². The van der Waals surface area contributed by atoms with E-state index in [1.807, 2.05) is 43.3 Å². The molecule has 1 saturated heterocycles. The highest BCUT2D eigenvalue weighted by atomic mass is 32.2. The van der Waals surface area contributed by atoms with Crippen LogP contribution in [0, 0.1) is 0 Å². The van der Waals surface area contributed by atoms with Gasteiger partial charge >= 0.3 is 0 Å². The Labute approximate surface area is 141 Å². The molecule has 1 fully saturated rings. The zero-order valence-electron chi connectivity index (χ0n) is 14.5. The second kappa shape index (κ2) is 7.45. The molecule has 0 aromatic heterocycles. The molecule has 0 saturated carbocycles. The van der Waals surface area contributed by atoms with Crippen LogP contribution in [0.5, 0.6) is 0 Å². The maximum absolute atomic E-state index is 12.4. The van der Waals surface area contributed by atoms with Gasteiger partial charge in [-0.25, -0.2) is 0 Å². The lowest BCUT2D eigenvalue weighted by molar-refractivity contribution is 0.0883. The number of rotatable bonds is 5. The Hall–Kier alpha value is -1.40. The van der Waals surface area contributed by atoms with E-state index in [2.05, 4.69) is 24.1 Å². The van der Waals surface area contributed by atoms with Crippen molar-refractivity contribution in [1.29, 1.82) is 0 Å². The molecule has 0 bridgehead atoms. The molecule has 0 atom stereocenters. The number of nitrogens with zero attached hydrogens (tertiary/aromatic N) is 2. The Morgan fingerprint density at radius 1 is 1.30 bits per heavy atom. The van der Waals surface area contributed by atoms with Crippen molar-refractivity contribution >= 4 is 22.4 Å². The van der Waals surface area contributed by atoms with Gasteiger partial charge in [-0.3, -0.25) is 13.9 Å². The summed E-state index contributed by atoms with van der Waals surface area (Å²) in [5, 5.41) is 3.04. The zero-order valence-corrected chi connectivity index (χ0v) is 15.3. The van der Waals surface area contributed by atoms with Gasteiger partial charge in [-0.1, -0.05) is 6.07 Å². The van der Waals surface area contributed by atoms with Gasteiger partial charge in [0.1, 0.15) is 0 Å². The Morgan fingerprint density at radius 2 is 1.96 bits per heavy atom. The van der Waals surface area contributed by atoms with Crippen molar-refractivity contribution in [2.24, 2.45) is 0 Å². The summed E-state index contributed by atoms with van der Waals surface area (Å²) in [6.45, 7) is 6.47. The summed E-state index contributed by atoms with van der Waals surface area (Å²) in [7, 11) is 3.24. The van der Waals surface area contributed by atoms with E-state index in [0.717, 1.165) is 30.3 Å². The Bertz CT molecular complexity index is 577. The van der Waals surface area contributed by atoms with Gasteiger partial charge in [0.15, 0.2) is 0 Å². The molecule has 1 amide bonds. The molecule has 6 heteroatoms. The van der Waals surface area contributed by atoms with Crippen molar-refractivity contribution in [3.05, 3.63) is 29.8 Å². The van der Waals surface area contributed by atoms with Gasteiger partial charge in [0.05, 0.1) is 0 Å². The van der Waals surface area contributed by atoms with Crippen molar-refractivity contribution in [3.63, 3.8) is 0 Å². The number of hydrogen-bond acceptors (Lipinski definition) is 4. The molecule has 0 radical (unpaired) electrons. The quantitative estimate of drug-likeness (QED) is 0.881. The van der Waals surface area contributed by atoms with E-state index in [-0.39, 0.29) is 11.4 Å². The molecular formula is C17H27N3O2S. The third kappa shape index (κ3) is 4.78. The lowest BCUT2D eigenvalue weighted by Gasteiger charge is -2.40. The summed E-state index contributed by atoms with van der Waals surface area (Å²) in [5.41, 5.74) is 1.54. The number of nitrogens with one attached hydrogen (secondary N) is 1. The highest BCUT2D eigenvalue weighted by Gasteiger charge is 2.30. The highest BCUT2D eigenvalue weighted by molar-refractivity contribution is 7.85. The molecule has 5 nitrogen and oxygen atoms in total. The van der Waals surface area contributed by atoms with Crippen molar-refractivity contribution < 1.29 is 9.00 Å². The molecule has 23 heavy (non-hydrogen) atoms. The van der Waals surface area contributed by atoms with Crippen LogP contribution in [0.4, 0.5) is 5.69 Å². The van der Waals surface area contributed by atoms with Crippen LogP contribution in [0.2, 0.25) is 0 Å². The smallest absolute Gasteiger partial charge is 0.251 e. The molecule has 128 valence electrons. The molecule has 1 aromatic rings. The monoisotopic (exact) mass is 337 g/mol. The van der Waals surface area contributed by atoms with E-state index < -0.39 is 10.8 Å².